The van der Waals surface area contributed by atoms with Gasteiger partial charge in [0.1, 0.15) is 0 Å². The molecule has 0 bridgehead atoms. The third-order valence-corrected chi connectivity index (χ3v) is 3.00. The molecule has 0 aromatic heterocycles. The van der Waals surface area contributed by atoms with Crippen molar-refractivity contribution in [2.75, 3.05) is 6.61 Å². The lowest BCUT2D eigenvalue weighted by Gasteiger charge is -2.15. The minimum Gasteiger partial charge on any atom is -0.479 e. The van der Waals surface area contributed by atoms with Crippen molar-refractivity contribution in [2.45, 2.75) is 26.4 Å². The molecule has 0 radical (unpaired) electrons. The number of benzene rings is 1. The molecule has 4 N–H and O–H groups in total. The number of hydroxylamine groups is 2. The fourth-order valence-electron chi connectivity index (χ4n) is 1.84. The zero-order valence-electron chi connectivity index (χ0n) is 14.2. The summed E-state index contributed by atoms with van der Waals surface area (Å²) in [6, 6.07) is 5.42. The van der Waals surface area contributed by atoms with Gasteiger partial charge in [0.2, 0.25) is 0 Å². The van der Waals surface area contributed by atoms with Crippen molar-refractivity contribution in [3.05, 3.63) is 35.4 Å². The normalized spacial score (nSPS) is 11.7. The molecule has 1 aromatic rings. The Balaban J connectivity index is 2.68. The highest BCUT2D eigenvalue weighted by Crippen LogP contribution is 2.09. The summed E-state index contributed by atoms with van der Waals surface area (Å²) in [4.78, 5) is 54.7. The molecule has 0 aliphatic rings. The van der Waals surface area contributed by atoms with E-state index in [1.54, 1.807) is 0 Å². The highest BCUT2D eigenvalue weighted by molar-refractivity contribution is 5.99. The highest BCUT2D eigenvalue weighted by atomic mass is 16.7. The molecule has 26 heavy (non-hydrogen) atoms. The van der Waals surface area contributed by atoms with Gasteiger partial charge in [-0.3, -0.25) is 19.3 Å². The Hall–Kier alpha value is -2.98. The Kier molecular flexibility index (Phi) is 8.19. The third-order valence-electron chi connectivity index (χ3n) is 3.00. The first-order chi connectivity index (χ1) is 12.2. The number of carbonyl (C=O) groups is 4. The molecule has 1 rings (SSSR count). The van der Waals surface area contributed by atoms with Gasteiger partial charge >= 0.3 is 11.9 Å². The number of carboxylic acid groups (broad SMARTS) is 2. The van der Waals surface area contributed by atoms with Crippen molar-refractivity contribution in [1.29, 1.82) is 0 Å². The molecule has 0 saturated heterocycles. The zero-order valence-corrected chi connectivity index (χ0v) is 14.2. The molecule has 1 unspecified atom stereocenters. The van der Waals surface area contributed by atoms with Crippen LogP contribution in [0.4, 0.5) is 0 Å². The van der Waals surface area contributed by atoms with E-state index in [1.165, 1.54) is 24.3 Å². The molecule has 0 spiro atoms. The third kappa shape index (κ3) is 7.28. The van der Waals surface area contributed by atoms with E-state index in [0.717, 1.165) is 0 Å². The summed E-state index contributed by atoms with van der Waals surface area (Å²) in [5.74, 6) is -3.90. The summed E-state index contributed by atoms with van der Waals surface area (Å²) < 4.78 is 0. The van der Waals surface area contributed by atoms with Gasteiger partial charge in [-0.15, -0.1) is 0 Å². The number of hydrogen-bond acceptors (Lipinski definition) is 6. The number of hydrogen-bond donors (Lipinski definition) is 4. The van der Waals surface area contributed by atoms with E-state index >= 15 is 0 Å². The number of amides is 2. The highest BCUT2D eigenvalue weighted by Gasteiger charge is 2.21. The van der Waals surface area contributed by atoms with Crippen LogP contribution >= 0.6 is 0 Å². The summed E-state index contributed by atoms with van der Waals surface area (Å²) in [6.45, 7) is 2.91. The smallest absolute Gasteiger partial charge is 0.335 e. The van der Waals surface area contributed by atoms with Crippen LogP contribution in [0.1, 0.15) is 41.0 Å². The molecule has 2 amide bonds. The van der Waals surface area contributed by atoms with E-state index in [0.29, 0.717) is 0 Å². The topological polar surface area (TPSA) is 151 Å². The maximum atomic E-state index is 12.1. The molecule has 0 aliphatic heterocycles. The largest absolute Gasteiger partial charge is 0.479 e. The molecule has 10 nitrogen and oxygen atoms in total. The van der Waals surface area contributed by atoms with E-state index in [-0.39, 0.29) is 23.5 Å². The standard InChI is InChI=1S/C16H20N2O8/c1-9(2)6-12(16(23)24)26-18-15(22)11-5-3-4-10(7-11)14(21)17-25-8-13(19)20/h3-5,7,9,12H,6,8H2,1-2H3,(H,17,21)(H,18,22)(H,19,20)(H,23,24). The molecular formula is C16H20N2O8. The van der Waals surface area contributed by atoms with Crippen LogP contribution in [0.25, 0.3) is 0 Å². The lowest BCUT2D eigenvalue weighted by atomic mass is 10.1. The molecule has 1 atom stereocenters. The van der Waals surface area contributed by atoms with E-state index in [9.17, 15) is 19.2 Å². The van der Waals surface area contributed by atoms with Crippen LogP contribution < -0.4 is 11.0 Å². The minimum atomic E-state index is -1.26. The first-order valence-electron chi connectivity index (χ1n) is 7.63. The fourth-order valence-corrected chi connectivity index (χ4v) is 1.84. The summed E-state index contributed by atoms with van der Waals surface area (Å²) in [7, 11) is 0. The van der Waals surface area contributed by atoms with Gasteiger partial charge in [0, 0.05) is 11.1 Å². The maximum absolute atomic E-state index is 12.1. The predicted octanol–water partition coefficient (Wildman–Crippen LogP) is 0.593. The average Bonchev–Trinajstić information content (AvgIpc) is 2.57. The molecule has 142 valence electrons. The number of carbonyl (C=O) groups excluding carboxylic acids is 2. The monoisotopic (exact) mass is 368 g/mol. The van der Waals surface area contributed by atoms with E-state index < -0.39 is 36.5 Å². The molecule has 0 aliphatic carbocycles. The quantitative estimate of drug-likeness (QED) is 0.438. The Bertz CT molecular complexity index is 674. The molecule has 1 aromatic carbocycles. The van der Waals surface area contributed by atoms with Crippen LogP contribution in [0.5, 0.6) is 0 Å². The van der Waals surface area contributed by atoms with Gasteiger partial charge in [0.15, 0.2) is 12.7 Å². The number of rotatable bonds is 10. The summed E-state index contributed by atoms with van der Waals surface area (Å²) >= 11 is 0. The summed E-state index contributed by atoms with van der Waals surface area (Å²) in [5, 5.41) is 17.5. The van der Waals surface area contributed by atoms with Gasteiger partial charge in [0.05, 0.1) is 0 Å². The second-order valence-electron chi connectivity index (χ2n) is 5.70. The van der Waals surface area contributed by atoms with Crippen LogP contribution in [0.15, 0.2) is 24.3 Å². The lowest BCUT2D eigenvalue weighted by Crippen LogP contribution is -2.35. The van der Waals surface area contributed by atoms with Gasteiger partial charge < -0.3 is 10.2 Å². The molecular weight excluding hydrogens is 348 g/mol. The predicted molar refractivity (Wildman–Crippen MR) is 86.9 cm³/mol. The van der Waals surface area contributed by atoms with Crippen molar-refractivity contribution in [2.24, 2.45) is 5.92 Å². The average molecular weight is 368 g/mol. The second kappa shape index (κ2) is 10.1. The van der Waals surface area contributed by atoms with Gasteiger partial charge in [-0.05, 0) is 30.5 Å². The van der Waals surface area contributed by atoms with Crippen molar-refractivity contribution in [3.8, 4) is 0 Å². The maximum Gasteiger partial charge on any atom is 0.335 e. The minimum absolute atomic E-state index is 0.0417. The van der Waals surface area contributed by atoms with E-state index in [2.05, 4.69) is 4.84 Å². The van der Waals surface area contributed by atoms with Gasteiger partial charge in [-0.2, -0.15) is 0 Å². The van der Waals surface area contributed by atoms with Crippen molar-refractivity contribution >= 4 is 23.8 Å². The van der Waals surface area contributed by atoms with Crippen LogP contribution in [0.3, 0.4) is 0 Å². The van der Waals surface area contributed by atoms with Crippen LogP contribution in [-0.4, -0.2) is 46.7 Å². The molecule has 0 saturated carbocycles. The number of nitrogens with one attached hydrogen (secondary N) is 2. The van der Waals surface area contributed by atoms with Crippen LogP contribution in [-0.2, 0) is 19.3 Å². The number of carboxylic acids is 2. The first-order valence-corrected chi connectivity index (χ1v) is 7.63. The van der Waals surface area contributed by atoms with Crippen molar-refractivity contribution < 1.29 is 39.1 Å². The Morgan fingerprint density at radius 1 is 1.04 bits per heavy atom. The van der Waals surface area contributed by atoms with Gasteiger partial charge in [-0.25, -0.2) is 20.5 Å². The van der Waals surface area contributed by atoms with E-state index in [1.807, 2.05) is 24.8 Å². The molecule has 0 heterocycles. The SMILES string of the molecule is CC(C)CC(ONC(=O)c1cccc(C(=O)NOCC(=O)O)c1)C(=O)O. The van der Waals surface area contributed by atoms with Crippen LogP contribution in [0, 0.1) is 5.92 Å². The second-order valence-corrected chi connectivity index (χ2v) is 5.70. The molecule has 0 fully saturated rings. The zero-order chi connectivity index (χ0) is 19.7. The lowest BCUT2D eigenvalue weighted by molar-refractivity contribution is -0.155. The Morgan fingerprint density at radius 2 is 1.62 bits per heavy atom. The van der Waals surface area contributed by atoms with Gasteiger partial charge in [0.25, 0.3) is 11.8 Å². The molecule has 10 heteroatoms. The summed E-state index contributed by atoms with van der Waals surface area (Å²) in [6.07, 6.45) is -0.992. The first kappa shape index (κ1) is 21.1. The fraction of sp³-hybridized carbons (Fsp3) is 0.375. The van der Waals surface area contributed by atoms with Crippen molar-refractivity contribution in [3.63, 3.8) is 0 Å². The Labute approximate surface area is 149 Å². The number of aliphatic carboxylic acids is 2. The van der Waals surface area contributed by atoms with E-state index in [4.69, 9.17) is 15.1 Å². The summed E-state index contributed by atoms with van der Waals surface area (Å²) in [5.41, 5.74) is 4.06. The van der Waals surface area contributed by atoms with Crippen molar-refractivity contribution in [1.82, 2.24) is 11.0 Å². The van der Waals surface area contributed by atoms with Crippen LogP contribution in [0.2, 0.25) is 0 Å². The van der Waals surface area contributed by atoms with Gasteiger partial charge in [-0.1, -0.05) is 19.9 Å². The Morgan fingerprint density at radius 3 is 2.12 bits per heavy atom.